The largest absolute Gasteiger partial charge is 0.398 e. The third kappa shape index (κ3) is 2.52. The van der Waals surface area contributed by atoms with Crippen LogP contribution in [-0.2, 0) is 0 Å². The zero-order valence-electron chi connectivity index (χ0n) is 10.5. The Bertz CT molecular complexity index is 454. The van der Waals surface area contributed by atoms with Crippen molar-refractivity contribution >= 4 is 17.4 Å². The minimum absolute atomic E-state index is 0.158. The van der Waals surface area contributed by atoms with Crippen molar-refractivity contribution < 1.29 is 4.79 Å². The Kier molecular flexibility index (Phi) is 2.73. The predicted molar refractivity (Wildman–Crippen MR) is 69.9 cm³/mol. The fourth-order valence-corrected chi connectivity index (χ4v) is 1.82. The van der Waals surface area contributed by atoms with Gasteiger partial charge in [-0.2, -0.15) is 0 Å². The van der Waals surface area contributed by atoms with Gasteiger partial charge >= 0.3 is 6.03 Å². The normalized spacial score (nSPS) is 20.8. The molecule has 1 unspecified atom stereocenters. The minimum Gasteiger partial charge on any atom is -0.398 e. The van der Waals surface area contributed by atoms with E-state index in [1.165, 1.54) is 0 Å². The topological polar surface area (TPSA) is 67.1 Å². The van der Waals surface area contributed by atoms with Crippen LogP contribution in [0.2, 0.25) is 0 Å². The predicted octanol–water partition coefficient (Wildman–Crippen LogP) is 2.50. The molecule has 4 heteroatoms. The number of hydrogen-bond donors (Lipinski definition) is 3. The number of carbonyl (C=O) groups is 1. The van der Waals surface area contributed by atoms with Crippen molar-refractivity contribution in [2.45, 2.75) is 33.2 Å². The first-order valence-electron chi connectivity index (χ1n) is 5.83. The van der Waals surface area contributed by atoms with Crippen LogP contribution in [0.15, 0.2) is 18.2 Å². The number of carbonyl (C=O) groups excluding carboxylic acids is 1. The number of benzene rings is 1. The Hall–Kier alpha value is -1.71. The molecule has 1 aliphatic rings. The number of rotatable bonds is 2. The van der Waals surface area contributed by atoms with Gasteiger partial charge in [0.15, 0.2) is 0 Å². The molecule has 2 rings (SSSR count). The Morgan fingerprint density at radius 1 is 1.47 bits per heavy atom. The molecule has 0 aliphatic heterocycles. The molecule has 1 aliphatic carbocycles. The Balaban J connectivity index is 1.97. The maximum atomic E-state index is 11.8. The maximum absolute atomic E-state index is 11.8. The number of nitrogens with one attached hydrogen (secondary N) is 2. The van der Waals surface area contributed by atoms with Crippen molar-refractivity contribution in [1.82, 2.24) is 5.32 Å². The lowest BCUT2D eigenvalue weighted by atomic mass is 10.1. The van der Waals surface area contributed by atoms with Gasteiger partial charge in [-0.1, -0.05) is 19.9 Å². The molecule has 1 atom stereocenters. The summed E-state index contributed by atoms with van der Waals surface area (Å²) in [5, 5.41) is 5.78. The van der Waals surface area contributed by atoms with Crippen LogP contribution < -0.4 is 16.4 Å². The SMILES string of the molecule is Cc1c(N)cccc1NC(=O)NC1CC1(C)C. The molecular weight excluding hydrogens is 214 g/mol. The van der Waals surface area contributed by atoms with Crippen LogP contribution in [0, 0.1) is 12.3 Å². The van der Waals surface area contributed by atoms with Gasteiger partial charge in [0, 0.05) is 17.4 Å². The second-order valence-electron chi connectivity index (χ2n) is 5.36. The molecule has 1 fully saturated rings. The van der Waals surface area contributed by atoms with Crippen LogP contribution in [-0.4, -0.2) is 12.1 Å². The molecule has 0 radical (unpaired) electrons. The average molecular weight is 233 g/mol. The highest BCUT2D eigenvalue weighted by Gasteiger charge is 2.46. The van der Waals surface area contributed by atoms with Crippen LogP contribution in [0.5, 0.6) is 0 Å². The van der Waals surface area contributed by atoms with E-state index >= 15 is 0 Å². The minimum atomic E-state index is -0.158. The van der Waals surface area contributed by atoms with Gasteiger partial charge in [0.05, 0.1) is 0 Å². The van der Waals surface area contributed by atoms with E-state index in [1.54, 1.807) is 0 Å². The summed E-state index contributed by atoms with van der Waals surface area (Å²) in [6, 6.07) is 5.63. The van der Waals surface area contributed by atoms with Crippen LogP contribution in [0.4, 0.5) is 16.2 Å². The average Bonchev–Trinajstić information content (AvgIpc) is 2.81. The second-order valence-corrected chi connectivity index (χ2v) is 5.36. The first kappa shape index (κ1) is 11.8. The summed E-state index contributed by atoms with van der Waals surface area (Å²) in [4.78, 5) is 11.8. The van der Waals surface area contributed by atoms with Crippen molar-refractivity contribution in [3.8, 4) is 0 Å². The van der Waals surface area contributed by atoms with Crippen molar-refractivity contribution in [2.75, 3.05) is 11.1 Å². The molecular formula is C13H19N3O. The van der Waals surface area contributed by atoms with E-state index in [-0.39, 0.29) is 17.5 Å². The van der Waals surface area contributed by atoms with E-state index in [9.17, 15) is 4.79 Å². The first-order chi connectivity index (χ1) is 7.90. The molecule has 0 heterocycles. The molecule has 0 bridgehead atoms. The van der Waals surface area contributed by atoms with Gasteiger partial charge < -0.3 is 16.4 Å². The van der Waals surface area contributed by atoms with Crippen LogP contribution in [0.1, 0.15) is 25.8 Å². The summed E-state index contributed by atoms with van der Waals surface area (Å²) >= 11 is 0. The molecule has 92 valence electrons. The Morgan fingerprint density at radius 2 is 2.12 bits per heavy atom. The summed E-state index contributed by atoms with van der Waals surface area (Å²) in [6.07, 6.45) is 1.04. The highest BCUT2D eigenvalue weighted by Crippen LogP contribution is 2.44. The maximum Gasteiger partial charge on any atom is 0.319 e. The van der Waals surface area contributed by atoms with Crippen molar-refractivity contribution in [3.05, 3.63) is 23.8 Å². The quantitative estimate of drug-likeness (QED) is 0.687. The summed E-state index contributed by atoms with van der Waals surface area (Å²) in [5.74, 6) is 0. The van der Waals surface area contributed by atoms with Crippen molar-refractivity contribution in [2.24, 2.45) is 5.41 Å². The molecule has 2 amide bonds. The summed E-state index contributed by atoms with van der Waals surface area (Å²) in [5.41, 5.74) is 8.37. The fraction of sp³-hybridized carbons (Fsp3) is 0.462. The van der Waals surface area contributed by atoms with Gasteiger partial charge in [0.25, 0.3) is 0 Å². The van der Waals surface area contributed by atoms with Crippen LogP contribution >= 0.6 is 0 Å². The second kappa shape index (κ2) is 3.95. The van der Waals surface area contributed by atoms with Gasteiger partial charge in [-0.3, -0.25) is 0 Å². The number of nitrogen functional groups attached to an aromatic ring is 1. The lowest BCUT2D eigenvalue weighted by Crippen LogP contribution is -2.32. The zero-order valence-corrected chi connectivity index (χ0v) is 10.5. The molecule has 1 aromatic rings. The Labute approximate surface area is 102 Å². The molecule has 0 saturated heterocycles. The van der Waals surface area contributed by atoms with Gasteiger partial charge in [-0.25, -0.2) is 4.79 Å². The zero-order chi connectivity index (χ0) is 12.6. The van der Waals surface area contributed by atoms with Crippen molar-refractivity contribution in [1.29, 1.82) is 0 Å². The Morgan fingerprint density at radius 3 is 2.71 bits per heavy atom. The lowest BCUT2D eigenvalue weighted by molar-refractivity contribution is 0.250. The van der Waals surface area contributed by atoms with E-state index in [0.29, 0.717) is 5.69 Å². The van der Waals surface area contributed by atoms with Gasteiger partial charge in [-0.05, 0) is 36.5 Å². The third-order valence-corrected chi connectivity index (χ3v) is 3.44. The molecule has 4 N–H and O–H groups in total. The number of hydrogen-bond acceptors (Lipinski definition) is 2. The van der Waals surface area contributed by atoms with Crippen molar-refractivity contribution in [3.63, 3.8) is 0 Å². The smallest absolute Gasteiger partial charge is 0.319 e. The standard InChI is InChI=1S/C13H19N3O/c1-8-9(14)5-4-6-10(8)15-12(17)16-11-7-13(11,2)3/h4-6,11H,7,14H2,1-3H3,(H2,15,16,17). The molecule has 0 spiro atoms. The molecule has 1 saturated carbocycles. The third-order valence-electron chi connectivity index (χ3n) is 3.44. The van der Waals surface area contributed by atoms with E-state index in [2.05, 4.69) is 24.5 Å². The van der Waals surface area contributed by atoms with Crippen LogP contribution in [0.3, 0.4) is 0 Å². The summed E-state index contributed by atoms with van der Waals surface area (Å²) < 4.78 is 0. The van der Waals surface area contributed by atoms with Gasteiger partial charge in [0.2, 0.25) is 0 Å². The lowest BCUT2D eigenvalue weighted by Gasteiger charge is -2.12. The number of nitrogens with two attached hydrogens (primary N) is 1. The first-order valence-corrected chi connectivity index (χ1v) is 5.83. The van der Waals surface area contributed by atoms with Crippen LogP contribution in [0.25, 0.3) is 0 Å². The summed E-state index contributed by atoms with van der Waals surface area (Å²) in [6.45, 7) is 6.18. The van der Waals surface area contributed by atoms with Gasteiger partial charge in [0.1, 0.15) is 0 Å². The van der Waals surface area contributed by atoms with Gasteiger partial charge in [-0.15, -0.1) is 0 Å². The number of amides is 2. The van der Waals surface area contributed by atoms with E-state index in [4.69, 9.17) is 5.73 Å². The van der Waals surface area contributed by atoms with E-state index < -0.39 is 0 Å². The molecule has 17 heavy (non-hydrogen) atoms. The fourth-order valence-electron chi connectivity index (χ4n) is 1.82. The summed E-state index contributed by atoms with van der Waals surface area (Å²) in [7, 11) is 0. The highest BCUT2D eigenvalue weighted by atomic mass is 16.2. The molecule has 1 aromatic carbocycles. The monoisotopic (exact) mass is 233 g/mol. The highest BCUT2D eigenvalue weighted by molar-refractivity contribution is 5.91. The number of anilines is 2. The van der Waals surface area contributed by atoms with E-state index in [0.717, 1.165) is 17.7 Å². The molecule has 0 aromatic heterocycles. The number of urea groups is 1. The molecule has 4 nitrogen and oxygen atoms in total. The van der Waals surface area contributed by atoms with E-state index in [1.807, 2.05) is 25.1 Å².